The molecule has 2 N–H and O–H groups in total. The lowest BCUT2D eigenvalue weighted by Crippen LogP contribution is -2.26. The number of imidazole rings is 1. The highest BCUT2D eigenvalue weighted by Crippen LogP contribution is 2.15. The van der Waals surface area contributed by atoms with Gasteiger partial charge in [0.05, 0.1) is 5.52 Å². The number of rotatable bonds is 9. The monoisotopic (exact) mass is 409 g/mol. The van der Waals surface area contributed by atoms with Crippen molar-refractivity contribution in [2.45, 2.75) is 46.2 Å². The van der Waals surface area contributed by atoms with Crippen LogP contribution in [-0.2, 0) is 29.1 Å². The van der Waals surface area contributed by atoms with Crippen molar-refractivity contribution in [1.82, 2.24) is 19.4 Å². The van der Waals surface area contributed by atoms with Crippen molar-refractivity contribution in [2.24, 2.45) is 0 Å². The summed E-state index contributed by atoms with van der Waals surface area (Å²) < 4.78 is 3.23. The molecule has 0 atom stereocenters. The fourth-order valence-electron chi connectivity index (χ4n) is 3.36. The average Bonchev–Trinajstić information content (AvgIpc) is 3.02. The SMILES string of the molecule is CCn1c(=O)n(CC)c2nc(NC(=O)CCC(=O)NCCc3ccccc3)ccc21. The predicted octanol–water partition coefficient (Wildman–Crippen LogP) is 2.32. The van der Waals surface area contributed by atoms with Gasteiger partial charge in [-0.15, -0.1) is 0 Å². The van der Waals surface area contributed by atoms with Crippen LogP contribution < -0.4 is 16.3 Å². The highest BCUT2D eigenvalue weighted by Gasteiger charge is 2.14. The van der Waals surface area contributed by atoms with E-state index in [-0.39, 0.29) is 30.3 Å². The van der Waals surface area contributed by atoms with Crippen LogP contribution in [-0.4, -0.2) is 32.5 Å². The third-order valence-corrected chi connectivity index (χ3v) is 4.92. The molecule has 2 amide bonds. The van der Waals surface area contributed by atoms with Gasteiger partial charge in [-0.3, -0.25) is 18.7 Å². The third-order valence-electron chi connectivity index (χ3n) is 4.92. The molecule has 3 rings (SSSR count). The summed E-state index contributed by atoms with van der Waals surface area (Å²) in [6.45, 7) is 5.36. The lowest BCUT2D eigenvalue weighted by atomic mass is 10.1. The number of anilines is 1. The zero-order valence-corrected chi connectivity index (χ0v) is 17.4. The maximum Gasteiger partial charge on any atom is 0.330 e. The number of aromatic nitrogens is 3. The number of amides is 2. The Hall–Kier alpha value is -3.42. The Labute approximate surface area is 174 Å². The van der Waals surface area contributed by atoms with Gasteiger partial charge in [-0.05, 0) is 38.0 Å². The Kier molecular flexibility index (Phi) is 7.00. The lowest BCUT2D eigenvalue weighted by Gasteiger charge is -2.07. The first-order valence-electron chi connectivity index (χ1n) is 10.2. The summed E-state index contributed by atoms with van der Waals surface area (Å²) in [4.78, 5) is 41.0. The number of hydrogen-bond acceptors (Lipinski definition) is 4. The molecule has 2 aromatic heterocycles. The summed E-state index contributed by atoms with van der Waals surface area (Å²) in [5, 5.41) is 5.54. The normalized spacial score (nSPS) is 10.9. The Balaban J connectivity index is 1.52. The van der Waals surface area contributed by atoms with E-state index in [0.717, 1.165) is 17.5 Å². The van der Waals surface area contributed by atoms with E-state index in [4.69, 9.17) is 0 Å². The summed E-state index contributed by atoms with van der Waals surface area (Å²) in [5.41, 5.74) is 2.32. The first kappa shape index (κ1) is 21.3. The van der Waals surface area contributed by atoms with Crippen LogP contribution in [0.4, 0.5) is 5.82 Å². The maximum absolute atomic E-state index is 12.4. The largest absolute Gasteiger partial charge is 0.356 e. The van der Waals surface area contributed by atoms with Crippen LogP contribution in [0.2, 0.25) is 0 Å². The van der Waals surface area contributed by atoms with E-state index in [1.807, 2.05) is 44.2 Å². The molecule has 30 heavy (non-hydrogen) atoms. The molecule has 0 fully saturated rings. The molecule has 158 valence electrons. The van der Waals surface area contributed by atoms with E-state index >= 15 is 0 Å². The van der Waals surface area contributed by atoms with Gasteiger partial charge in [0.25, 0.3) is 0 Å². The molecule has 0 saturated heterocycles. The molecule has 2 heterocycles. The fraction of sp³-hybridized carbons (Fsp3) is 0.364. The number of carbonyl (C=O) groups excluding carboxylic acids is 2. The second-order valence-corrected chi connectivity index (χ2v) is 6.94. The maximum atomic E-state index is 12.4. The third kappa shape index (κ3) is 4.94. The van der Waals surface area contributed by atoms with Crippen molar-refractivity contribution in [3.63, 3.8) is 0 Å². The molecule has 0 unspecified atom stereocenters. The van der Waals surface area contributed by atoms with Crippen LogP contribution in [0.15, 0.2) is 47.3 Å². The van der Waals surface area contributed by atoms with Gasteiger partial charge in [0, 0.05) is 32.5 Å². The molecule has 8 heteroatoms. The van der Waals surface area contributed by atoms with Crippen molar-refractivity contribution in [1.29, 1.82) is 0 Å². The smallest absolute Gasteiger partial charge is 0.330 e. The second kappa shape index (κ2) is 9.87. The van der Waals surface area contributed by atoms with Gasteiger partial charge in [0.15, 0.2) is 5.65 Å². The van der Waals surface area contributed by atoms with Crippen LogP contribution in [0, 0.1) is 0 Å². The minimum atomic E-state index is -0.291. The number of fused-ring (bicyclic) bond motifs is 1. The van der Waals surface area contributed by atoms with E-state index < -0.39 is 0 Å². The lowest BCUT2D eigenvalue weighted by molar-refractivity contribution is -0.124. The average molecular weight is 409 g/mol. The standard InChI is InChI=1S/C22H27N5O3/c1-3-26-17-10-11-18(25-21(17)27(4-2)22(26)30)24-20(29)13-12-19(28)23-15-14-16-8-6-5-7-9-16/h5-11H,3-4,12-15H2,1-2H3,(H,23,28)(H,24,25,29). The minimum Gasteiger partial charge on any atom is -0.356 e. The number of hydrogen-bond donors (Lipinski definition) is 2. The van der Waals surface area contributed by atoms with Crippen molar-refractivity contribution >= 4 is 28.8 Å². The van der Waals surface area contributed by atoms with Crippen LogP contribution in [0.3, 0.4) is 0 Å². The van der Waals surface area contributed by atoms with Crippen molar-refractivity contribution in [3.8, 4) is 0 Å². The molecule has 0 saturated carbocycles. The van der Waals surface area contributed by atoms with Gasteiger partial charge in [0.1, 0.15) is 5.82 Å². The quantitative estimate of drug-likeness (QED) is 0.567. The summed E-state index contributed by atoms with van der Waals surface area (Å²) in [7, 11) is 0. The molecule has 0 aliphatic rings. The summed E-state index contributed by atoms with van der Waals surface area (Å²) >= 11 is 0. The van der Waals surface area contributed by atoms with Gasteiger partial charge in [-0.1, -0.05) is 30.3 Å². The zero-order valence-electron chi connectivity index (χ0n) is 17.4. The van der Waals surface area contributed by atoms with Crippen molar-refractivity contribution in [3.05, 3.63) is 58.5 Å². The minimum absolute atomic E-state index is 0.0629. The number of benzene rings is 1. The van der Waals surface area contributed by atoms with E-state index in [0.29, 0.717) is 31.1 Å². The molecule has 0 aliphatic carbocycles. The number of nitrogens with zero attached hydrogens (tertiary/aromatic N) is 3. The topological polar surface area (TPSA) is 98.0 Å². The number of carbonyl (C=O) groups is 2. The second-order valence-electron chi connectivity index (χ2n) is 6.94. The fourth-order valence-corrected chi connectivity index (χ4v) is 3.36. The molecule has 0 bridgehead atoms. The van der Waals surface area contributed by atoms with Crippen LogP contribution >= 0.6 is 0 Å². The summed E-state index contributed by atoms with van der Waals surface area (Å²) in [6.07, 6.45) is 0.918. The van der Waals surface area contributed by atoms with E-state index in [1.54, 1.807) is 21.3 Å². The van der Waals surface area contributed by atoms with Gasteiger partial charge in [-0.2, -0.15) is 0 Å². The van der Waals surface area contributed by atoms with Crippen LogP contribution in [0.25, 0.3) is 11.2 Å². The van der Waals surface area contributed by atoms with Gasteiger partial charge >= 0.3 is 5.69 Å². The molecular weight excluding hydrogens is 382 g/mol. The Morgan fingerprint density at radius 2 is 1.63 bits per heavy atom. The van der Waals surface area contributed by atoms with Gasteiger partial charge in [-0.25, -0.2) is 9.78 Å². The predicted molar refractivity (Wildman–Crippen MR) is 116 cm³/mol. The number of pyridine rings is 1. The Morgan fingerprint density at radius 3 is 2.33 bits per heavy atom. The van der Waals surface area contributed by atoms with E-state index in [9.17, 15) is 14.4 Å². The van der Waals surface area contributed by atoms with Crippen LogP contribution in [0.1, 0.15) is 32.3 Å². The van der Waals surface area contributed by atoms with E-state index in [2.05, 4.69) is 15.6 Å². The first-order chi connectivity index (χ1) is 14.5. The molecule has 1 aromatic carbocycles. The molecule has 0 spiro atoms. The highest BCUT2D eigenvalue weighted by molar-refractivity contribution is 5.93. The molecule has 3 aromatic rings. The Morgan fingerprint density at radius 1 is 0.933 bits per heavy atom. The van der Waals surface area contributed by atoms with Crippen LogP contribution in [0.5, 0.6) is 0 Å². The molecule has 0 aliphatic heterocycles. The number of nitrogens with one attached hydrogen (secondary N) is 2. The Bertz CT molecular complexity index is 1090. The van der Waals surface area contributed by atoms with Crippen molar-refractivity contribution in [2.75, 3.05) is 11.9 Å². The zero-order chi connectivity index (χ0) is 21.5. The van der Waals surface area contributed by atoms with Gasteiger partial charge in [0.2, 0.25) is 11.8 Å². The molecule has 0 radical (unpaired) electrons. The van der Waals surface area contributed by atoms with Crippen molar-refractivity contribution < 1.29 is 9.59 Å². The summed E-state index contributed by atoms with van der Waals surface area (Å²) in [6, 6.07) is 13.4. The summed E-state index contributed by atoms with van der Waals surface area (Å²) in [5.74, 6) is -0.0860. The highest BCUT2D eigenvalue weighted by atomic mass is 16.2. The van der Waals surface area contributed by atoms with Gasteiger partial charge < -0.3 is 10.6 Å². The van der Waals surface area contributed by atoms with E-state index in [1.165, 1.54) is 0 Å². The molecular formula is C22H27N5O3. The molecule has 8 nitrogen and oxygen atoms in total. The number of aryl methyl sites for hydroxylation is 2. The first-order valence-corrected chi connectivity index (χ1v) is 10.2.